The monoisotopic (exact) mass is 289 g/mol. The summed E-state index contributed by atoms with van der Waals surface area (Å²) in [6.07, 6.45) is 3.65. The maximum atomic E-state index is 11.6. The molecular formula is C14H15N3O2S. The van der Waals surface area contributed by atoms with Gasteiger partial charge in [0.05, 0.1) is 0 Å². The van der Waals surface area contributed by atoms with Crippen molar-refractivity contribution < 1.29 is 9.59 Å². The summed E-state index contributed by atoms with van der Waals surface area (Å²) in [7, 11) is 0. The van der Waals surface area contributed by atoms with Gasteiger partial charge in [0.15, 0.2) is 0 Å². The summed E-state index contributed by atoms with van der Waals surface area (Å²) < 4.78 is 0. The number of hydrogen-bond donors (Lipinski definition) is 2. The Morgan fingerprint density at radius 3 is 2.85 bits per heavy atom. The molecule has 0 saturated heterocycles. The van der Waals surface area contributed by atoms with Crippen LogP contribution in [0.2, 0.25) is 0 Å². The minimum Gasteiger partial charge on any atom is -0.352 e. The molecule has 0 aromatic carbocycles. The van der Waals surface area contributed by atoms with E-state index < -0.39 is 0 Å². The molecule has 0 bridgehead atoms. The SMILES string of the molecule is O=C(CCNC(=O)c1ccsc1)NCc1cccnc1. The number of carbonyl (C=O) groups excluding carboxylic acids is 2. The van der Waals surface area contributed by atoms with E-state index in [0.29, 0.717) is 18.7 Å². The van der Waals surface area contributed by atoms with Crippen molar-refractivity contribution in [3.05, 3.63) is 52.5 Å². The Labute approximate surface area is 121 Å². The molecule has 2 rings (SSSR count). The molecule has 104 valence electrons. The minimum atomic E-state index is -0.147. The van der Waals surface area contributed by atoms with E-state index in [1.807, 2.05) is 17.5 Å². The summed E-state index contributed by atoms with van der Waals surface area (Å²) in [6, 6.07) is 5.47. The van der Waals surface area contributed by atoms with Gasteiger partial charge in [-0.1, -0.05) is 6.07 Å². The Hall–Kier alpha value is -2.21. The number of amides is 2. The topological polar surface area (TPSA) is 71.1 Å². The number of hydrogen-bond acceptors (Lipinski definition) is 4. The van der Waals surface area contributed by atoms with Gasteiger partial charge < -0.3 is 10.6 Å². The first-order chi connectivity index (χ1) is 9.75. The first-order valence-corrected chi connectivity index (χ1v) is 7.16. The third kappa shape index (κ3) is 4.47. The second-order valence-corrected chi connectivity index (χ2v) is 4.94. The van der Waals surface area contributed by atoms with E-state index >= 15 is 0 Å². The van der Waals surface area contributed by atoms with E-state index in [9.17, 15) is 9.59 Å². The predicted octanol–water partition coefficient (Wildman–Crippen LogP) is 1.58. The first kappa shape index (κ1) is 14.2. The summed E-state index contributed by atoms with van der Waals surface area (Å²) in [5, 5.41) is 9.11. The van der Waals surface area contributed by atoms with Crippen molar-refractivity contribution in [3.63, 3.8) is 0 Å². The molecule has 0 aliphatic heterocycles. The molecule has 2 aromatic rings. The largest absolute Gasteiger partial charge is 0.352 e. The highest BCUT2D eigenvalue weighted by molar-refractivity contribution is 7.08. The first-order valence-electron chi connectivity index (χ1n) is 6.21. The number of nitrogens with zero attached hydrogens (tertiary/aromatic N) is 1. The Morgan fingerprint density at radius 1 is 1.25 bits per heavy atom. The molecule has 0 fully saturated rings. The van der Waals surface area contributed by atoms with Crippen LogP contribution in [0.25, 0.3) is 0 Å². The standard InChI is InChI=1S/C14H15N3O2S/c18-13(17-9-11-2-1-5-15-8-11)3-6-16-14(19)12-4-7-20-10-12/h1-2,4-5,7-8,10H,3,6,9H2,(H,16,19)(H,17,18). The normalized spacial score (nSPS) is 10.0. The molecule has 2 heterocycles. The molecule has 2 amide bonds. The van der Waals surface area contributed by atoms with Gasteiger partial charge in [0.1, 0.15) is 0 Å². The summed E-state index contributed by atoms with van der Waals surface area (Å²) in [4.78, 5) is 27.2. The Morgan fingerprint density at radius 2 is 2.15 bits per heavy atom. The molecule has 0 saturated carbocycles. The van der Waals surface area contributed by atoms with Crippen LogP contribution in [0.1, 0.15) is 22.3 Å². The fourth-order valence-corrected chi connectivity index (χ4v) is 2.21. The third-order valence-corrected chi connectivity index (χ3v) is 3.32. The lowest BCUT2D eigenvalue weighted by Crippen LogP contribution is -2.30. The number of carbonyl (C=O) groups is 2. The van der Waals surface area contributed by atoms with E-state index in [1.54, 1.807) is 23.8 Å². The van der Waals surface area contributed by atoms with Gasteiger partial charge in [-0.25, -0.2) is 0 Å². The summed E-state index contributed by atoms with van der Waals surface area (Å²) in [5.74, 6) is -0.245. The Kier molecular flexibility index (Phi) is 5.25. The zero-order valence-electron chi connectivity index (χ0n) is 10.8. The summed E-state index contributed by atoms with van der Waals surface area (Å²) in [6.45, 7) is 0.776. The lowest BCUT2D eigenvalue weighted by molar-refractivity contribution is -0.121. The van der Waals surface area contributed by atoms with Crippen LogP contribution >= 0.6 is 11.3 Å². The number of thiophene rings is 1. The van der Waals surface area contributed by atoms with E-state index in [-0.39, 0.29) is 18.2 Å². The van der Waals surface area contributed by atoms with Crippen molar-refractivity contribution >= 4 is 23.2 Å². The van der Waals surface area contributed by atoms with Crippen LogP contribution in [0, 0.1) is 0 Å². The highest BCUT2D eigenvalue weighted by atomic mass is 32.1. The molecule has 0 aliphatic carbocycles. The van der Waals surface area contributed by atoms with Crippen LogP contribution in [0.3, 0.4) is 0 Å². The summed E-state index contributed by atoms with van der Waals surface area (Å²) >= 11 is 1.47. The van der Waals surface area contributed by atoms with Gasteiger partial charge in [0, 0.05) is 42.8 Å². The predicted molar refractivity (Wildman–Crippen MR) is 77.4 cm³/mol. The van der Waals surface area contributed by atoms with Gasteiger partial charge in [-0.05, 0) is 23.1 Å². The molecule has 5 nitrogen and oxygen atoms in total. The van der Waals surface area contributed by atoms with E-state index in [2.05, 4.69) is 15.6 Å². The third-order valence-electron chi connectivity index (χ3n) is 2.63. The van der Waals surface area contributed by atoms with Gasteiger partial charge >= 0.3 is 0 Å². The van der Waals surface area contributed by atoms with Crippen LogP contribution in [-0.4, -0.2) is 23.3 Å². The Bertz CT molecular complexity index is 555. The smallest absolute Gasteiger partial charge is 0.252 e. The van der Waals surface area contributed by atoms with Crippen molar-refractivity contribution in [1.82, 2.24) is 15.6 Å². The fourth-order valence-electron chi connectivity index (χ4n) is 1.58. The highest BCUT2D eigenvalue weighted by Crippen LogP contribution is 2.05. The van der Waals surface area contributed by atoms with Crippen LogP contribution < -0.4 is 10.6 Å². The molecule has 0 radical (unpaired) electrons. The molecule has 0 unspecified atom stereocenters. The molecule has 0 atom stereocenters. The van der Waals surface area contributed by atoms with Crippen molar-refractivity contribution in [2.24, 2.45) is 0 Å². The molecular weight excluding hydrogens is 274 g/mol. The maximum absolute atomic E-state index is 11.6. The van der Waals surface area contributed by atoms with Gasteiger partial charge in [-0.3, -0.25) is 14.6 Å². The average Bonchev–Trinajstić information content (AvgIpc) is 3.00. The average molecular weight is 289 g/mol. The van der Waals surface area contributed by atoms with Gasteiger partial charge in [-0.2, -0.15) is 11.3 Å². The zero-order chi connectivity index (χ0) is 14.2. The molecule has 6 heteroatoms. The summed E-state index contributed by atoms with van der Waals surface area (Å²) in [5.41, 5.74) is 1.58. The van der Waals surface area contributed by atoms with Crippen molar-refractivity contribution in [2.45, 2.75) is 13.0 Å². The maximum Gasteiger partial charge on any atom is 0.252 e. The fraction of sp³-hybridized carbons (Fsp3) is 0.214. The number of nitrogens with one attached hydrogen (secondary N) is 2. The van der Waals surface area contributed by atoms with Gasteiger partial charge in [-0.15, -0.1) is 0 Å². The van der Waals surface area contributed by atoms with Crippen molar-refractivity contribution in [1.29, 1.82) is 0 Å². The molecule has 0 aliphatic rings. The van der Waals surface area contributed by atoms with Crippen LogP contribution in [0.4, 0.5) is 0 Å². The number of rotatable bonds is 6. The molecule has 0 spiro atoms. The molecule has 2 N–H and O–H groups in total. The lowest BCUT2D eigenvalue weighted by Gasteiger charge is -2.06. The number of aromatic nitrogens is 1. The van der Waals surface area contributed by atoms with Crippen molar-refractivity contribution in [2.75, 3.05) is 6.54 Å². The number of pyridine rings is 1. The van der Waals surface area contributed by atoms with E-state index in [1.165, 1.54) is 11.3 Å². The van der Waals surface area contributed by atoms with E-state index in [4.69, 9.17) is 0 Å². The van der Waals surface area contributed by atoms with Crippen LogP contribution in [0.5, 0.6) is 0 Å². The quantitative estimate of drug-likeness (QED) is 0.848. The van der Waals surface area contributed by atoms with Crippen LogP contribution in [0.15, 0.2) is 41.4 Å². The zero-order valence-corrected chi connectivity index (χ0v) is 11.7. The van der Waals surface area contributed by atoms with Gasteiger partial charge in [0.2, 0.25) is 5.91 Å². The highest BCUT2D eigenvalue weighted by Gasteiger charge is 2.06. The lowest BCUT2D eigenvalue weighted by atomic mass is 10.3. The van der Waals surface area contributed by atoms with Crippen LogP contribution in [-0.2, 0) is 11.3 Å². The van der Waals surface area contributed by atoms with Gasteiger partial charge in [0.25, 0.3) is 5.91 Å². The molecule has 20 heavy (non-hydrogen) atoms. The molecule has 2 aromatic heterocycles. The minimum absolute atomic E-state index is 0.0977. The Balaban J connectivity index is 1.64. The van der Waals surface area contributed by atoms with E-state index in [0.717, 1.165) is 5.56 Å². The van der Waals surface area contributed by atoms with Crippen molar-refractivity contribution in [3.8, 4) is 0 Å². The second-order valence-electron chi connectivity index (χ2n) is 4.16. The second kappa shape index (κ2) is 7.40.